The number of amides is 1. The van der Waals surface area contributed by atoms with Gasteiger partial charge >= 0.3 is 0 Å². The molecule has 1 heterocycles. The number of anilines is 1. The number of rotatable bonds is 6. The summed E-state index contributed by atoms with van der Waals surface area (Å²) >= 11 is 6.01. The van der Waals surface area contributed by atoms with Gasteiger partial charge < -0.3 is 19.3 Å². The molecule has 37 heavy (non-hydrogen) atoms. The second-order valence-corrected chi connectivity index (χ2v) is 8.93. The molecule has 0 radical (unpaired) electrons. The van der Waals surface area contributed by atoms with Crippen molar-refractivity contribution in [2.75, 3.05) is 26.2 Å². The summed E-state index contributed by atoms with van der Waals surface area (Å²) in [4.78, 5) is 28.0. The molecule has 1 unspecified atom stereocenters. The summed E-state index contributed by atoms with van der Waals surface area (Å²) in [6.07, 6.45) is 0. The van der Waals surface area contributed by atoms with Crippen LogP contribution in [0.15, 0.2) is 54.1 Å². The van der Waals surface area contributed by atoms with E-state index < -0.39 is 23.5 Å². The molecule has 0 bridgehead atoms. The van der Waals surface area contributed by atoms with Crippen molar-refractivity contribution in [3.63, 3.8) is 0 Å². The molecule has 1 N–H and O–H groups in total. The van der Waals surface area contributed by atoms with E-state index in [1.807, 2.05) is 0 Å². The summed E-state index contributed by atoms with van der Waals surface area (Å²) in [5.41, 5.74) is 2.26. The van der Waals surface area contributed by atoms with Gasteiger partial charge in [-0.05, 0) is 73.0 Å². The number of ketones is 1. The number of aliphatic hydroxyl groups is 1. The molecule has 1 saturated heterocycles. The zero-order chi connectivity index (χ0) is 27.0. The molecule has 0 aromatic heterocycles. The first-order chi connectivity index (χ1) is 17.6. The molecule has 0 spiro atoms. The predicted molar refractivity (Wildman–Crippen MR) is 138 cm³/mol. The molecule has 192 valence electrons. The van der Waals surface area contributed by atoms with Gasteiger partial charge in [-0.2, -0.15) is 0 Å². The van der Waals surface area contributed by atoms with Crippen LogP contribution >= 0.6 is 11.6 Å². The normalized spacial score (nSPS) is 16.7. The Morgan fingerprint density at radius 2 is 1.57 bits per heavy atom. The second-order valence-electron chi connectivity index (χ2n) is 8.52. The van der Waals surface area contributed by atoms with Crippen molar-refractivity contribution in [3.05, 3.63) is 87.2 Å². The van der Waals surface area contributed by atoms with Crippen LogP contribution in [-0.2, 0) is 9.59 Å². The van der Waals surface area contributed by atoms with E-state index in [1.54, 1.807) is 44.2 Å². The largest absolute Gasteiger partial charge is 0.507 e. The van der Waals surface area contributed by atoms with Gasteiger partial charge in [0.25, 0.3) is 11.7 Å². The molecule has 0 aliphatic carbocycles. The molecule has 0 saturated carbocycles. The van der Waals surface area contributed by atoms with Crippen LogP contribution in [-0.4, -0.2) is 38.1 Å². The van der Waals surface area contributed by atoms with Crippen molar-refractivity contribution in [2.45, 2.75) is 19.9 Å². The summed E-state index contributed by atoms with van der Waals surface area (Å²) in [5, 5.41) is 11.3. The van der Waals surface area contributed by atoms with Gasteiger partial charge in [-0.15, -0.1) is 0 Å². The Bertz CT molecular complexity index is 1450. The number of aryl methyl sites for hydroxylation is 2. The van der Waals surface area contributed by atoms with E-state index in [-0.39, 0.29) is 22.0 Å². The number of halogens is 2. The van der Waals surface area contributed by atoms with Gasteiger partial charge in [-0.3, -0.25) is 14.5 Å². The average Bonchev–Trinajstić information content (AvgIpc) is 3.16. The molecule has 1 aliphatic heterocycles. The standard InChI is InChI=1S/C28H25ClFNO6/c1-14-11-22(36-4)15(2)10-18(14)26(32)24-25(16-6-9-21(35-3)23(12-16)37-5)31(28(34)27(24)33)17-7-8-20(30)19(29)13-17/h6-13,25,32H,1-5H3/b26-24+. The lowest BCUT2D eigenvalue weighted by atomic mass is 9.92. The highest BCUT2D eigenvalue weighted by Crippen LogP contribution is 2.45. The first-order valence-corrected chi connectivity index (χ1v) is 11.6. The fourth-order valence-electron chi connectivity index (χ4n) is 4.48. The molecule has 3 aromatic carbocycles. The minimum Gasteiger partial charge on any atom is -0.507 e. The lowest BCUT2D eigenvalue weighted by Crippen LogP contribution is -2.29. The smallest absolute Gasteiger partial charge is 0.300 e. The number of aliphatic hydroxyl groups excluding tert-OH is 1. The van der Waals surface area contributed by atoms with E-state index in [2.05, 4.69) is 0 Å². The van der Waals surface area contributed by atoms with E-state index in [9.17, 15) is 19.1 Å². The molecule has 1 aliphatic rings. The Hall–Kier alpha value is -4.04. The Balaban J connectivity index is 2.01. The molecular weight excluding hydrogens is 501 g/mol. The monoisotopic (exact) mass is 525 g/mol. The van der Waals surface area contributed by atoms with Gasteiger partial charge in [-0.1, -0.05) is 17.7 Å². The maximum atomic E-state index is 13.9. The van der Waals surface area contributed by atoms with Gasteiger partial charge in [0.1, 0.15) is 17.3 Å². The van der Waals surface area contributed by atoms with E-state index in [0.29, 0.717) is 33.9 Å². The Morgan fingerprint density at radius 1 is 0.892 bits per heavy atom. The summed E-state index contributed by atoms with van der Waals surface area (Å²) in [6, 6.07) is 11.0. The third kappa shape index (κ3) is 4.49. The number of hydrogen-bond donors (Lipinski definition) is 1. The predicted octanol–water partition coefficient (Wildman–Crippen LogP) is 5.75. The number of benzene rings is 3. The first kappa shape index (κ1) is 26.0. The van der Waals surface area contributed by atoms with Crippen LogP contribution in [0.3, 0.4) is 0 Å². The molecule has 4 rings (SSSR count). The number of methoxy groups -OCH3 is 3. The number of carbonyl (C=O) groups excluding carboxylic acids is 2. The highest BCUT2D eigenvalue weighted by atomic mass is 35.5. The topological polar surface area (TPSA) is 85.3 Å². The van der Waals surface area contributed by atoms with Gasteiger partial charge in [-0.25, -0.2) is 4.39 Å². The Morgan fingerprint density at radius 3 is 2.19 bits per heavy atom. The second kappa shape index (κ2) is 10.1. The van der Waals surface area contributed by atoms with Crippen LogP contribution in [0.2, 0.25) is 5.02 Å². The minimum atomic E-state index is -1.07. The van der Waals surface area contributed by atoms with E-state index in [1.165, 1.54) is 38.4 Å². The third-order valence-corrected chi connectivity index (χ3v) is 6.64. The molecular formula is C28H25ClFNO6. The highest BCUT2D eigenvalue weighted by molar-refractivity contribution is 6.51. The Kier molecular flexibility index (Phi) is 7.14. The molecule has 1 atom stereocenters. The molecule has 1 fully saturated rings. The van der Waals surface area contributed by atoms with Gasteiger partial charge in [0, 0.05) is 11.3 Å². The number of hydrogen-bond acceptors (Lipinski definition) is 6. The lowest BCUT2D eigenvalue weighted by Gasteiger charge is -2.26. The van der Waals surface area contributed by atoms with Crippen LogP contribution in [0.1, 0.15) is 28.3 Å². The summed E-state index contributed by atoms with van der Waals surface area (Å²) in [6.45, 7) is 3.57. The van der Waals surface area contributed by atoms with Crippen molar-refractivity contribution >= 4 is 34.7 Å². The van der Waals surface area contributed by atoms with Crippen molar-refractivity contribution < 1.29 is 33.3 Å². The van der Waals surface area contributed by atoms with Crippen LogP contribution in [0, 0.1) is 19.7 Å². The number of nitrogens with zero attached hydrogens (tertiary/aromatic N) is 1. The molecule has 7 nitrogen and oxygen atoms in total. The number of Topliss-reactive ketones (excluding diaryl/α,β-unsaturated/α-hetero) is 1. The van der Waals surface area contributed by atoms with Crippen molar-refractivity contribution in [1.29, 1.82) is 0 Å². The zero-order valence-corrected chi connectivity index (χ0v) is 21.6. The molecule has 3 aromatic rings. The first-order valence-electron chi connectivity index (χ1n) is 11.3. The summed E-state index contributed by atoms with van der Waals surface area (Å²) in [5.74, 6) is -1.40. The zero-order valence-electron chi connectivity index (χ0n) is 20.9. The van der Waals surface area contributed by atoms with Crippen LogP contribution in [0.5, 0.6) is 17.2 Å². The fraction of sp³-hybridized carbons (Fsp3) is 0.214. The van der Waals surface area contributed by atoms with Crippen molar-refractivity contribution in [2.24, 2.45) is 0 Å². The molecule has 1 amide bonds. The van der Waals surface area contributed by atoms with E-state index in [0.717, 1.165) is 11.6 Å². The number of carbonyl (C=O) groups is 2. The Labute approximate surface area is 218 Å². The summed E-state index contributed by atoms with van der Waals surface area (Å²) < 4.78 is 30.1. The lowest BCUT2D eigenvalue weighted by molar-refractivity contribution is -0.132. The molecule has 9 heteroatoms. The fourth-order valence-corrected chi connectivity index (χ4v) is 4.66. The van der Waals surface area contributed by atoms with E-state index in [4.69, 9.17) is 25.8 Å². The third-order valence-electron chi connectivity index (χ3n) is 6.35. The van der Waals surface area contributed by atoms with Crippen LogP contribution in [0.25, 0.3) is 5.76 Å². The van der Waals surface area contributed by atoms with Gasteiger partial charge in [0.2, 0.25) is 0 Å². The van der Waals surface area contributed by atoms with Gasteiger partial charge in [0.05, 0.1) is 38.0 Å². The van der Waals surface area contributed by atoms with Crippen LogP contribution in [0.4, 0.5) is 10.1 Å². The van der Waals surface area contributed by atoms with E-state index >= 15 is 0 Å². The van der Waals surface area contributed by atoms with Crippen LogP contribution < -0.4 is 19.1 Å². The van der Waals surface area contributed by atoms with Crippen molar-refractivity contribution in [1.82, 2.24) is 0 Å². The minimum absolute atomic E-state index is 0.134. The summed E-state index contributed by atoms with van der Waals surface area (Å²) in [7, 11) is 4.48. The SMILES string of the molecule is COc1cc(C)c(/C(O)=C2\C(=O)C(=O)N(c3ccc(F)c(Cl)c3)C2c2ccc(OC)c(OC)c2)cc1C. The number of ether oxygens (including phenoxy) is 3. The maximum Gasteiger partial charge on any atom is 0.300 e. The quantitative estimate of drug-likeness (QED) is 0.251. The van der Waals surface area contributed by atoms with Gasteiger partial charge in [0.15, 0.2) is 11.5 Å². The highest BCUT2D eigenvalue weighted by Gasteiger charge is 2.47. The average molecular weight is 526 g/mol. The van der Waals surface area contributed by atoms with Crippen molar-refractivity contribution in [3.8, 4) is 17.2 Å². The maximum absolute atomic E-state index is 13.9.